The van der Waals surface area contributed by atoms with Crippen molar-refractivity contribution in [2.24, 2.45) is 0 Å². The summed E-state index contributed by atoms with van der Waals surface area (Å²) >= 11 is 0.998. The van der Waals surface area contributed by atoms with E-state index in [-0.39, 0.29) is 17.9 Å². The molecule has 20 heavy (non-hydrogen) atoms. The molecule has 5 nitrogen and oxygen atoms in total. The Morgan fingerprint density at radius 2 is 2.15 bits per heavy atom. The number of hydrogen-bond donors (Lipinski definition) is 1. The zero-order valence-electron chi connectivity index (χ0n) is 10.5. The summed E-state index contributed by atoms with van der Waals surface area (Å²) in [6, 6.07) is 3.32. The molecule has 1 N–H and O–H groups in total. The second kappa shape index (κ2) is 6.00. The molecule has 0 bridgehead atoms. The molecule has 0 saturated carbocycles. The van der Waals surface area contributed by atoms with Crippen LogP contribution in [-0.4, -0.2) is 31.6 Å². The molecule has 0 unspecified atom stereocenters. The van der Waals surface area contributed by atoms with Crippen molar-refractivity contribution in [2.45, 2.75) is 18.6 Å². The van der Waals surface area contributed by atoms with E-state index in [4.69, 9.17) is 5.11 Å². The van der Waals surface area contributed by atoms with Crippen molar-refractivity contribution in [1.82, 2.24) is 14.8 Å². The minimum atomic E-state index is -0.977. The highest BCUT2D eigenvalue weighted by atomic mass is 32.2. The van der Waals surface area contributed by atoms with Gasteiger partial charge >= 0.3 is 5.97 Å². The number of carboxylic acid groups (broad SMARTS) is 1. The lowest BCUT2D eigenvalue weighted by Crippen LogP contribution is -2.07. The first-order chi connectivity index (χ1) is 9.47. The number of rotatable bonds is 5. The van der Waals surface area contributed by atoms with Crippen molar-refractivity contribution in [3.63, 3.8) is 0 Å². The van der Waals surface area contributed by atoms with Gasteiger partial charge in [-0.25, -0.2) is 8.78 Å². The Balaban J connectivity index is 2.24. The summed E-state index contributed by atoms with van der Waals surface area (Å²) in [4.78, 5) is 10.6. The third-order valence-corrected chi connectivity index (χ3v) is 3.52. The third kappa shape index (κ3) is 3.32. The molecule has 0 amide bonds. The molecule has 0 aliphatic heterocycles. The van der Waals surface area contributed by atoms with Crippen LogP contribution in [0, 0.1) is 18.6 Å². The second-order valence-corrected chi connectivity index (χ2v) is 4.98. The summed E-state index contributed by atoms with van der Waals surface area (Å²) in [6.07, 6.45) is 0. The van der Waals surface area contributed by atoms with E-state index in [0.717, 1.165) is 17.8 Å². The fourth-order valence-corrected chi connectivity index (χ4v) is 2.30. The van der Waals surface area contributed by atoms with Crippen molar-refractivity contribution in [1.29, 1.82) is 0 Å². The molecule has 0 saturated heterocycles. The number of thioether (sulfide) groups is 1. The normalized spacial score (nSPS) is 10.8. The van der Waals surface area contributed by atoms with Crippen molar-refractivity contribution in [2.75, 3.05) is 5.75 Å². The van der Waals surface area contributed by atoms with Crippen LogP contribution in [0.3, 0.4) is 0 Å². The molecule has 1 heterocycles. The van der Waals surface area contributed by atoms with Gasteiger partial charge in [-0.1, -0.05) is 17.8 Å². The van der Waals surface area contributed by atoms with Gasteiger partial charge < -0.3 is 9.67 Å². The molecule has 106 valence electrons. The average molecular weight is 299 g/mol. The molecule has 0 fully saturated rings. The average Bonchev–Trinajstić information content (AvgIpc) is 2.71. The molecule has 2 rings (SSSR count). The number of aryl methyl sites for hydroxylation is 1. The summed E-state index contributed by atoms with van der Waals surface area (Å²) < 4.78 is 28.1. The summed E-state index contributed by atoms with van der Waals surface area (Å²) in [7, 11) is 0. The molecular formula is C12H11F2N3O2S. The van der Waals surface area contributed by atoms with Crippen LogP contribution in [0.5, 0.6) is 0 Å². The van der Waals surface area contributed by atoms with E-state index in [1.165, 1.54) is 12.1 Å². The number of nitrogens with zero attached hydrogens (tertiary/aromatic N) is 3. The third-order valence-electron chi connectivity index (χ3n) is 2.57. The van der Waals surface area contributed by atoms with Gasteiger partial charge in [0.05, 0.1) is 12.3 Å². The molecule has 0 aliphatic rings. The van der Waals surface area contributed by atoms with Gasteiger partial charge in [-0.2, -0.15) is 0 Å². The molecule has 0 aliphatic carbocycles. The Bertz CT molecular complexity index is 646. The van der Waals surface area contributed by atoms with Gasteiger partial charge in [0, 0.05) is 11.6 Å². The number of halogens is 2. The number of benzene rings is 1. The highest BCUT2D eigenvalue weighted by molar-refractivity contribution is 7.99. The van der Waals surface area contributed by atoms with Crippen molar-refractivity contribution in [3.05, 3.63) is 41.2 Å². The van der Waals surface area contributed by atoms with E-state index < -0.39 is 17.6 Å². The van der Waals surface area contributed by atoms with Gasteiger partial charge in [0.2, 0.25) is 0 Å². The summed E-state index contributed by atoms with van der Waals surface area (Å²) in [5.74, 6) is -1.92. The highest BCUT2D eigenvalue weighted by Crippen LogP contribution is 2.19. The first kappa shape index (κ1) is 14.4. The summed E-state index contributed by atoms with van der Waals surface area (Å²) in [5.41, 5.74) is 0.284. The minimum Gasteiger partial charge on any atom is -0.481 e. The maximum atomic E-state index is 13.6. The first-order valence-electron chi connectivity index (χ1n) is 5.65. The van der Waals surface area contributed by atoms with E-state index in [1.807, 2.05) is 0 Å². The molecule has 0 atom stereocenters. The number of hydrogen-bond acceptors (Lipinski definition) is 4. The van der Waals surface area contributed by atoms with E-state index in [2.05, 4.69) is 10.2 Å². The zero-order chi connectivity index (χ0) is 14.7. The Morgan fingerprint density at radius 1 is 1.40 bits per heavy atom. The van der Waals surface area contributed by atoms with E-state index in [9.17, 15) is 13.6 Å². The quantitative estimate of drug-likeness (QED) is 0.856. The number of carboxylic acids is 1. The molecular weight excluding hydrogens is 288 g/mol. The smallest absolute Gasteiger partial charge is 0.313 e. The van der Waals surface area contributed by atoms with Gasteiger partial charge in [-0.05, 0) is 13.0 Å². The maximum absolute atomic E-state index is 13.6. The van der Waals surface area contributed by atoms with Gasteiger partial charge in [0.1, 0.15) is 17.5 Å². The monoisotopic (exact) mass is 299 g/mol. The molecule has 1 aromatic carbocycles. The summed E-state index contributed by atoms with van der Waals surface area (Å²) in [6.45, 7) is 1.80. The van der Waals surface area contributed by atoms with Crippen LogP contribution in [0.25, 0.3) is 0 Å². The lowest BCUT2D eigenvalue weighted by molar-refractivity contribution is -0.133. The van der Waals surface area contributed by atoms with Crippen LogP contribution in [0.15, 0.2) is 23.4 Å². The second-order valence-electron chi connectivity index (χ2n) is 4.03. The molecule has 1 aromatic heterocycles. The molecule has 0 spiro atoms. The molecule has 2 aromatic rings. The highest BCUT2D eigenvalue weighted by Gasteiger charge is 2.13. The molecule has 0 radical (unpaired) electrons. The topological polar surface area (TPSA) is 68.0 Å². The number of aromatic nitrogens is 3. The first-order valence-corrected chi connectivity index (χ1v) is 6.64. The van der Waals surface area contributed by atoms with E-state index >= 15 is 0 Å². The largest absolute Gasteiger partial charge is 0.481 e. The predicted octanol–water partition coefficient (Wildman–Crippen LogP) is 2.09. The van der Waals surface area contributed by atoms with Crippen LogP contribution in [0.1, 0.15) is 11.4 Å². The number of aliphatic carboxylic acids is 1. The van der Waals surface area contributed by atoms with Crippen LogP contribution < -0.4 is 0 Å². The lowest BCUT2D eigenvalue weighted by atomic mass is 10.2. The van der Waals surface area contributed by atoms with Crippen LogP contribution in [0.2, 0.25) is 0 Å². The van der Waals surface area contributed by atoms with Gasteiger partial charge in [-0.15, -0.1) is 10.2 Å². The zero-order valence-corrected chi connectivity index (χ0v) is 11.3. The minimum absolute atomic E-state index is 0.118. The lowest BCUT2D eigenvalue weighted by Gasteiger charge is -2.08. The SMILES string of the molecule is Cc1nnc(SCC(=O)O)n1Cc1ccc(F)cc1F. The van der Waals surface area contributed by atoms with Gasteiger partial charge in [-0.3, -0.25) is 4.79 Å². The molecule has 8 heteroatoms. The van der Waals surface area contributed by atoms with Crippen molar-refractivity contribution < 1.29 is 18.7 Å². The Morgan fingerprint density at radius 3 is 2.80 bits per heavy atom. The van der Waals surface area contributed by atoms with Crippen LogP contribution >= 0.6 is 11.8 Å². The maximum Gasteiger partial charge on any atom is 0.313 e. The van der Waals surface area contributed by atoms with Crippen molar-refractivity contribution >= 4 is 17.7 Å². The van der Waals surface area contributed by atoms with Crippen molar-refractivity contribution in [3.8, 4) is 0 Å². The fraction of sp³-hybridized carbons (Fsp3) is 0.250. The Labute approximate surface area is 117 Å². The standard InChI is InChI=1S/C12H11F2N3O2S/c1-7-15-16-12(20-6-11(18)19)17(7)5-8-2-3-9(13)4-10(8)14/h2-4H,5-6H2,1H3,(H,18,19). The Hall–Kier alpha value is -1.96. The fourth-order valence-electron chi connectivity index (χ4n) is 1.60. The van der Waals surface area contributed by atoms with Gasteiger partial charge in [0.25, 0.3) is 0 Å². The van der Waals surface area contributed by atoms with Crippen LogP contribution in [0.4, 0.5) is 8.78 Å². The van der Waals surface area contributed by atoms with E-state index in [0.29, 0.717) is 11.0 Å². The van der Waals surface area contributed by atoms with E-state index in [1.54, 1.807) is 11.5 Å². The summed E-state index contributed by atoms with van der Waals surface area (Å²) in [5, 5.41) is 16.7. The predicted molar refractivity (Wildman–Crippen MR) is 68.6 cm³/mol. The Kier molecular flexibility index (Phi) is 4.33. The van der Waals surface area contributed by atoms with Gasteiger partial charge in [0.15, 0.2) is 5.16 Å². The number of carbonyl (C=O) groups is 1. The van der Waals surface area contributed by atoms with Crippen LogP contribution in [-0.2, 0) is 11.3 Å².